The predicted molar refractivity (Wildman–Crippen MR) is 32.4 cm³/mol. The SMILES string of the molecule is C1C[C@@H]2[C@H]1C[C@H]1C[C@H]12. The minimum absolute atomic E-state index is 1.22. The molecule has 0 aromatic rings. The highest BCUT2D eigenvalue weighted by Gasteiger charge is 2.56. The Morgan fingerprint density at radius 3 is 2.12 bits per heavy atom. The zero-order chi connectivity index (χ0) is 5.14. The van der Waals surface area contributed by atoms with Crippen molar-refractivity contribution in [3.05, 3.63) is 0 Å². The Morgan fingerprint density at radius 2 is 1.75 bits per heavy atom. The van der Waals surface area contributed by atoms with Crippen molar-refractivity contribution in [3.8, 4) is 0 Å². The summed E-state index contributed by atoms with van der Waals surface area (Å²) in [4.78, 5) is 0. The van der Waals surface area contributed by atoms with Crippen LogP contribution in [0, 0.1) is 23.7 Å². The van der Waals surface area contributed by atoms with Crippen LogP contribution in [0.4, 0.5) is 0 Å². The quantitative estimate of drug-likeness (QED) is 0.445. The van der Waals surface area contributed by atoms with E-state index < -0.39 is 0 Å². The summed E-state index contributed by atoms with van der Waals surface area (Å²) in [6.07, 6.45) is 6.40. The molecule has 0 amide bonds. The fraction of sp³-hybridized carbons (Fsp3) is 1.00. The second-order valence-electron chi connectivity index (χ2n) is 3.90. The van der Waals surface area contributed by atoms with Gasteiger partial charge >= 0.3 is 0 Å². The van der Waals surface area contributed by atoms with Gasteiger partial charge in [-0.3, -0.25) is 0 Å². The molecule has 3 rings (SSSR count). The van der Waals surface area contributed by atoms with E-state index >= 15 is 0 Å². The Labute approximate surface area is 50.3 Å². The second kappa shape index (κ2) is 0.984. The van der Waals surface area contributed by atoms with Crippen LogP contribution < -0.4 is 0 Å². The minimum Gasteiger partial charge on any atom is -0.0499 e. The van der Waals surface area contributed by atoms with E-state index in [-0.39, 0.29) is 0 Å². The fourth-order valence-electron chi connectivity index (χ4n) is 2.91. The van der Waals surface area contributed by atoms with Crippen LogP contribution >= 0.6 is 0 Å². The highest BCUT2D eigenvalue weighted by atomic mass is 14.6. The topological polar surface area (TPSA) is 0 Å². The molecule has 0 bridgehead atoms. The lowest BCUT2D eigenvalue weighted by molar-refractivity contribution is 0.182. The molecule has 0 spiro atoms. The van der Waals surface area contributed by atoms with Crippen LogP contribution in [0.5, 0.6) is 0 Å². The van der Waals surface area contributed by atoms with Crippen molar-refractivity contribution in [1.29, 1.82) is 0 Å². The standard InChI is InChI=1S/C8H12/c1-2-7-5(1)3-6-4-8(6)7/h5-8H,1-4H2/t5-,6+,7-,8-/m1/s1. The molecule has 0 aromatic heterocycles. The highest BCUT2D eigenvalue weighted by Crippen LogP contribution is 2.65. The van der Waals surface area contributed by atoms with Crippen LogP contribution in [-0.4, -0.2) is 0 Å². The maximum atomic E-state index is 1.62. The fourth-order valence-corrected chi connectivity index (χ4v) is 2.91. The zero-order valence-electron chi connectivity index (χ0n) is 5.14. The van der Waals surface area contributed by atoms with Crippen LogP contribution in [0.2, 0.25) is 0 Å². The average Bonchev–Trinajstić information content (AvgIpc) is 2.34. The summed E-state index contributed by atoms with van der Waals surface area (Å²) in [7, 11) is 0. The Kier molecular flexibility index (Phi) is 0.482. The lowest BCUT2D eigenvalue weighted by atomic mass is 9.73. The molecule has 0 heterocycles. The normalized spacial score (nSPS) is 66.0. The van der Waals surface area contributed by atoms with Gasteiger partial charge in [-0.2, -0.15) is 0 Å². The molecule has 3 aliphatic rings. The number of fused-ring (bicyclic) bond motifs is 3. The average molecular weight is 108 g/mol. The van der Waals surface area contributed by atoms with Gasteiger partial charge in [-0.05, 0) is 49.4 Å². The predicted octanol–water partition coefficient (Wildman–Crippen LogP) is 2.05. The third-order valence-electron chi connectivity index (χ3n) is 3.61. The maximum absolute atomic E-state index is 1.62. The van der Waals surface area contributed by atoms with Crippen LogP contribution in [0.3, 0.4) is 0 Å². The first-order chi connectivity index (χ1) is 3.95. The number of hydrogen-bond acceptors (Lipinski definition) is 0. The summed E-state index contributed by atoms with van der Waals surface area (Å²) in [5, 5.41) is 0. The Hall–Kier alpha value is 0. The Bertz CT molecular complexity index is 124. The Morgan fingerprint density at radius 1 is 0.750 bits per heavy atom. The molecular formula is C8H12. The largest absolute Gasteiger partial charge is 0.0499 e. The molecule has 0 aliphatic heterocycles. The second-order valence-corrected chi connectivity index (χ2v) is 3.90. The van der Waals surface area contributed by atoms with Crippen LogP contribution in [0.15, 0.2) is 0 Å². The first-order valence-corrected chi connectivity index (χ1v) is 3.95. The van der Waals surface area contributed by atoms with Crippen molar-refractivity contribution in [3.63, 3.8) is 0 Å². The minimum atomic E-state index is 1.22. The molecule has 3 fully saturated rings. The summed E-state index contributed by atoms with van der Waals surface area (Å²) in [5.41, 5.74) is 0. The van der Waals surface area contributed by atoms with Crippen molar-refractivity contribution in [1.82, 2.24) is 0 Å². The van der Waals surface area contributed by atoms with E-state index in [4.69, 9.17) is 0 Å². The zero-order valence-corrected chi connectivity index (χ0v) is 5.14. The lowest BCUT2D eigenvalue weighted by Gasteiger charge is -2.32. The molecule has 4 atom stereocenters. The van der Waals surface area contributed by atoms with Gasteiger partial charge in [0.25, 0.3) is 0 Å². The van der Waals surface area contributed by atoms with Crippen LogP contribution in [-0.2, 0) is 0 Å². The molecule has 0 unspecified atom stereocenters. The molecule has 0 radical (unpaired) electrons. The third kappa shape index (κ3) is 0.284. The van der Waals surface area contributed by atoms with Gasteiger partial charge in [-0.15, -0.1) is 0 Å². The maximum Gasteiger partial charge on any atom is -0.0352 e. The molecule has 0 nitrogen and oxygen atoms in total. The van der Waals surface area contributed by atoms with Gasteiger partial charge in [0.15, 0.2) is 0 Å². The van der Waals surface area contributed by atoms with Gasteiger partial charge in [-0.25, -0.2) is 0 Å². The van der Waals surface area contributed by atoms with E-state index in [0.717, 1.165) is 0 Å². The summed E-state index contributed by atoms with van der Waals surface area (Å²) >= 11 is 0. The van der Waals surface area contributed by atoms with Gasteiger partial charge in [0.2, 0.25) is 0 Å². The third-order valence-corrected chi connectivity index (χ3v) is 3.61. The molecule has 0 N–H and O–H groups in total. The van der Waals surface area contributed by atoms with Crippen molar-refractivity contribution in [2.24, 2.45) is 23.7 Å². The van der Waals surface area contributed by atoms with Gasteiger partial charge in [-0.1, -0.05) is 0 Å². The van der Waals surface area contributed by atoms with E-state index in [1.807, 2.05) is 0 Å². The number of hydrogen-bond donors (Lipinski definition) is 0. The smallest absolute Gasteiger partial charge is 0.0352 e. The molecule has 3 aliphatic carbocycles. The lowest BCUT2D eigenvalue weighted by Crippen LogP contribution is -2.22. The molecule has 0 aromatic carbocycles. The molecule has 8 heavy (non-hydrogen) atoms. The molecular weight excluding hydrogens is 96.1 g/mol. The molecule has 0 saturated heterocycles. The van der Waals surface area contributed by atoms with E-state index in [9.17, 15) is 0 Å². The number of rotatable bonds is 0. The monoisotopic (exact) mass is 108 g/mol. The van der Waals surface area contributed by atoms with Crippen molar-refractivity contribution in [2.75, 3.05) is 0 Å². The molecule has 3 saturated carbocycles. The van der Waals surface area contributed by atoms with E-state index in [0.29, 0.717) is 0 Å². The first-order valence-electron chi connectivity index (χ1n) is 3.95. The van der Waals surface area contributed by atoms with Crippen molar-refractivity contribution in [2.45, 2.75) is 25.7 Å². The van der Waals surface area contributed by atoms with Gasteiger partial charge in [0, 0.05) is 0 Å². The van der Waals surface area contributed by atoms with E-state index in [1.54, 1.807) is 25.7 Å². The molecule has 44 valence electrons. The van der Waals surface area contributed by atoms with Crippen LogP contribution in [0.25, 0.3) is 0 Å². The van der Waals surface area contributed by atoms with E-state index in [1.165, 1.54) is 23.7 Å². The highest BCUT2D eigenvalue weighted by molar-refractivity contribution is 5.05. The Balaban J connectivity index is 1.92. The molecule has 0 heteroatoms. The summed E-state index contributed by atoms with van der Waals surface area (Å²) in [5.74, 6) is 4.93. The van der Waals surface area contributed by atoms with Crippen LogP contribution in [0.1, 0.15) is 25.7 Å². The van der Waals surface area contributed by atoms with Gasteiger partial charge in [0.1, 0.15) is 0 Å². The summed E-state index contributed by atoms with van der Waals surface area (Å²) in [6, 6.07) is 0. The van der Waals surface area contributed by atoms with Crippen molar-refractivity contribution < 1.29 is 0 Å². The van der Waals surface area contributed by atoms with Crippen molar-refractivity contribution >= 4 is 0 Å². The first kappa shape index (κ1) is 3.92. The summed E-state index contributed by atoms with van der Waals surface area (Å²) in [6.45, 7) is 0. The van der Waals surface area contributed by atoms with Gasteiger partial charge < -0.3 is 0 Å². The summed E-state index contributed by atoms with van der Waals surface area (Å²) < 4.78 is 0. The van der Waals surface area contributed by atoms with E-state index in [2.05, 4.69) is 0 Å². The van der Waals surface area contributed by atoms with Gasteiger partial charge in [0.05, 0.1) is 0 Å².